The number of thiazole rings is 1. The van der Waals surface area contributed by atoms with Gasteiger partial charge < -0.3 is 24.3 Å². The number of allylic oxidation sites excluding steroid dienone is 1. The SMILES string of the molecule is CCOC(=O)C1=C(C)N=c2s/c(=C\[C@@H]3C(=O)NC(=S)N(c4ccccc4)C3=O)c(=O)n2[C@H]1c1ccc(OCC(=O)OC)c(OCC)c1. The van der Waals surface area contributed by atoms with Crippen LogP contribution in [-0.4, -0.2) is 60.4 Å². The highest BCUT2D eigenvalue weighted by Gasteiger charge is 2.39. The third kappa shape index (κ3) is 6.57. The van der Waals surface area contributed by atoms with Crippen LogP contribution in [-0.2, 0) is 28.7 Å². The van der Waals surface area contributed by atoms with Crippen molar-refractivity contribution in [2.75, 3.05) is 31.8 Å². The van der Waals surface area contributed by atoms with E-state index in [1.807, 2.05) is 0 Å². The van der Waals surface area contributed by atoms with Crippen molar-refractivity contribution >= 4 is 64.2 Å². The van der Waals surface area contributed by atoms with Crippen LogP contribution in [0.3, 0.4) is 0 Å². The van der Waals surface area contributed by atoms with Gasteiger partial charge >= 0.3 is 11.9 Å². The van der Waals surface area contributed by atoms with Crippen LogP contribution in [0.5, 0.6) is 11.5 Å². The van der Waals surface area contributed by atoms with Gasteiger partial charge in [0.15, 0.2) is 28.0 Å². The molecule has 5 rings (SSSR count). The number of para-hydroxylation sites is 1. The number of esters is 2. The molecule has 3 heterocycles. The quantitative estimate of drug-likeness (QED) is 0.191. The molecule has 13 nitrogen and oxygen atoms in total. The third-order valence-electron chi connectivity index (χ3n) is 7.21. The molecule has 15 heteroatoms. The number of aromatic nitrogens is 1. The number of hydrogen-bond donors (Lipinski definition) is 1. The maximum absolute atomic E-state index is 14.1. The Morgan fingerprint density at radius 1 is 1.04 bits per heavy atom. The number of nitrogens with one attached hydrogen (secondary N) is 1. The first-order valence-corrected chi connectivity index (χ1v) is 15.7. The average Bonchev–Trinajstić information content (AvgIpc) is 3.35. The van der Waals surface area contributed by atoms with Gasteiger partial charge in [0.25, 0.3) is 5.56 Å². The van der Waals surface area contributed by atoms with Gasteiger partial charge in [-0.25, -0.2) is 14.6 Å². The van der Waals surface area contributed by atoms with Gasteiger partial charge in [0.1, 0.15) is 5.92 Å². The van der Waals surface area contributed by atoms with Crippen molar-refractivity contribution in [1.29, 1.82) is 0 Å². The minimum absolute atomic E-state index is 0.0593. The Hall–Kier alpha value is -5.15. The molecule has 0 saturated carbocycles. The number of carbonyl (C=O) groups is 4. The number of thiocarbonyl (C=S) groups is 1. The Bertz CT molecular complexity index is 1980. The van der Waals surface area contributed by atoms with E-state index < -0.39 is 41.3 Å². The number of ether oxygens (including phenoxy) is 4. The first kappa shape index (κ1) is 33.2. The van der Waals surface area contributed by atoms with Crippen LogP contribution in [0, 0.1) is 5.92 Å². The molecule has 0 radical (unpaired) electrons. The van der Waals surface area contributed by atoms with Gasteiger partial charge in [0.05, 0.1) is 47.9 Å². The lowest BCUT2D eigenvalue weighted by molar-refractivity contribution is -0.143. The van der Waals surface area contributed by atoms with E-state index in [4.69, 9.17) is 26.4 Å². The summed E-state index contributed by atoms with van der Waals surface area (Å²) in [5.41, 5.74) is 0.759. The third-order valence-corrected chi connectivity index (χ3v) is 8.49. The Balaban J connectivity index is 1.64. The summed E-state index contributed by atoms with van der Waals surface area (Å²) in [6.45, 7) is 5.03. The van der Waals surface area contributed by atoms with Gasteiger partial charge in [-0.2, -0.15) is 0 Å². The second-order valence-corrected chi connectivity index (χ2v) is 11.5. The zero-order valence-corrected chi connectivity index (χ0v) is 27.4. The molecule has 1 saturated heterocycles. The van der Waals surface area contributed by atoms with Crippen LogP contribution in [0.4, 0.5) is 5.69 Å². The summed E-state index contributed by atoms with van der Waals surface area (Å²) in [5.74, 6) is -3.44. The second kappa shape index (κ2) is 14.1. The van der Waals surface area contributed by atoms with Crippen molar-refractivity contribution in [2.45, 2.75) is 26.8 Å². The minimum Gasteiger partial charge on any atom is -0.490 e. The zero-order valence-electron chi connectivity index (χ0n) is 25.8. The molecule has 2 atom stereocenters. The standard InChI is InChI=1S/C32H30N4O9S2/c1-5-43-22-14-18(12-13-21(22)45-16-24(37)42-4)26-25(30(41)44-6-2)17(3)33-32-36(26)29(40)23(47-32)15-20-27(38)34-31(46)35(28(20)39)19-10-8-7-9-11-19/h7-15,20,26H,5-6,16H2,1-4H3,(H,34,38,46)/b23-15-/t20-,26+/m1/s1. The number of benzene rings is 2. The van der Waals surface area contributed by atoms with Crippen LogP contribution >= 0.6 is 23.6 Å². The lowest BCUT2D eigenvalue weighted by atomic mass is 9.95. The van der Waals surface area contributed by atoms with Crippen LogP contribution in [0.15, 0.2) is 69.6 Å². The summed E-state index contributed by atoms with van der Waals surface area (Å²) >= 11 is 6.25. The fourth-order valence-electron chi connectivity index (χ4n) is 5.11. The second-order valence-electron chi connectivity index (χ2n) is 10.1. The average molecular weight is 679 g/mol. The molecule has 2 amide bonds. The molecular formula is C32H30N4O9S2. The highest BCUT2D eigenvalue weighted by atomic mass is 32.1. The maximum atomic E-state index is 14.1. The van der Waals surface area contributed by atoms with Crippen molar-refractivity contribution in [3.63, 3.8) is 0 Å². The molecule has 0 spiro atoms. The Morgan fingerprint density at radius 2 is 1.79 bits per heavy atom. The molecule has 0 bridgehead atoms. The molecule has 47 heavy (non-hydrogen) atoms. The summed E-state index contributed by atoms with van der Waals surface area (Å²) in [4.78, 5) is 71.8. The van der Waals surface area contributed by atoms with E-state index in [1.54, 1.807) is 69.3 Å². The van der Waals surface area contributed by atoms with Crippen molar-refractivity contribution in [2.24, 2.45) is 10.9 Å². The van der Waals surface area contributed by atoms with E-state index in [0.717, 1.165) is 11.3 Å². The van der Waals surface area contributed by atoms with Crippen LogP contribution in [0.2, 0.25) is 0 Å². The molecule has 244 valence electrons. The van der Waals surface area contributed by atoms with Gasteiger partial charge in [0, 0.05) is 0 Å². The number of carbonyl (C=O) groups excluding carboxylic acids is 4. The molecule has 0 unspecified atom stereocenters. The number of rotatable bonds is 10. The number of amides is 2. The van der Waals surface area contributed by atoms with E-state index in [0.29, 0.717) is 16.9 Å². The summed E-state index contributed by atoms with van der Waals surface area (Å²) in [6.07, 6.45) is 1.29. The van der Waals surface area contributed by atoms with Crippen molar-refractivity contribution < 1.29 is 38.1 Å². The van der Waals surface area contributed by atoms with Crippen molar-refractivity contribution in [3.05, 3.63) is 85.1 Å². The van der Waals surface area contributed by atoms with Crippen LogP contribution < -0.4 is 34.6 Å². The lowest BCUT2D eigenvalue weighted by Gasteiger charge is -2.31. The lowest BCUT2D eigenvalue weighted by Crippen LogP contribution is -2.58. The number of hydrogen-bond acceptors (Lipinski definition) is 12. The summed E-state index contributed by atoms with van der Waals surface area (Å²) in [5, 5.41) is 2.47. The monoisotopic (exact) mass is 678 g/mol. The molecule has 3 aromatic rings. The molecule has 2 aliphatic rings. The molecule has 2 aromatic carbocycles. The van der Waals surface area contributed by atoms with E-state index in [-0.39, 0.29) is 51.3 Å². The molecule has 1 N–H and O–H groups in total. The van der Waals surface area contributed by atoms with E-state index in [9.17, 15) is 24.0 Å². The van der Waals surface area contributed by atoms with Crippen molar-refractivity contribution in [3.8, 4) is 11.5 Å². The highest BCUT2D eigenvalue weighted by Crippen LogP contribution is 2.36. The number of nitrogens with zero attached hydrogens (tertiary/aromatic N) is 3. The van der Waals surface area contributed by atoms with Crippen molar-refractivity contribution in [1.82, 2.24) is 9.88 Å². The number of anilines is 1. The number of methoxy groups -OCH3 is 1. The van der Waals surface area contributed by atoms with E-state index in [1.165, 1.54) is 22.7 Å². The normalized spacial score (nSPS) is 17.9. The highest BCUT2D eigenvalue weighted by molar-refractivity contribution is 7.80. The topological polar surface area (TPSA) is 155 Å². The molecule has 2 aliphatic heterocycles. The Labute approximate surface area is 277 Å². The molecule has 0 aliphatic carbocycles. The largest absolute Gasteiger partial charge is 0.490 e. The predicted octanol–water partition coefficient (Wildman–Crippen LogP) is 1.76. The fraction of sp³-hybridized carbons (Fsp3) is 0.281. The van der Waals surface area contributed by atoms with Gasteiger partial charge in [0.2, 0.25) is 11.8 Å². The summed E-state index contributed by atoms with van der Waals surface area (Å²) < 4.78 is 22.8. The van der Waals surface area contributed by atoms with Gasteiger partial charge in [-0.1, -0.05) is 35.6 Å². The number of fused-ring (bicyclic) bond motifs is 1. The molecule has 1 fully saturated rings. The fourth-order valence-corrected chi connectivity index (χ4v) is 6.46. The first-order valence-electron chi connectivity index (χ1n) is 14.5. The smallest absolute Gasteiger partial charge is 0.343 e. The van der Waals surface area contributed by atoms with Gasteiger partial charge in [-0.3, -0.25) is 23.9 Å². The Morgan fingerprint density at radius 3 is 2.47 bits per heavy atom. The van der Waals surface area contributed by atoms with Crippen LogP contribution in [0.1, 0.15) is 32.4 Å². The van der Waals surface area contributed by atoms with Gasteiger partial charge in [-0.05, 0) is 68.9 Å². The molecular weight excluding hydrogens is 649 g/mol. The summed E-state index contributed by atoms with van der Waals surface area (Å²) in [7, 11) is 1.24. The minimum atomic E-state index is -1.37. The molecule has 1 aromatic heterocycles. The summed E-state index contributed by atoms with van der Waals surface area (Å²) in [6, 6.07) is 12.4. The predicted molar refractivity (Wildman–Crippen MR) is 175 cm³/mol. The van der Waals surface area contributed by atoms with E-state index >= 15 is 0 Å². The maximum Gasteiger partial charge on any atom is 0.343 e. The zero-order chi connectivity index (χ0) is 33.8. The Kier molecular flexibility index (Phi) is 9.96. The first-order chi connectivity index (χ1) is 22.6. The van der Waals surface area contributed by atoms with E-state index in [2.05, 4.69) is 15.0 Å². The van der Waals surface area contributed by atoms with Crippen LogP contribution in [0.25, 0.3) is 6.08 Å². The van der Waals surface area contributed by atoms with Gasteiger partial charge in [-0.15, -0.1) is 0 Å².